The minimum absolute atomic E-state index is 0.321. The quantitative estimate of drug-likeness (QED) is 0.422. The van der Waals surface area contributed by atoms with Crippen molar-refractivity contribution >= 4 is 22.8 Å². The minimum Gasteiger partial charge on any atom is -0.490 e. The van der Waals surface area contributed by atoms with Gasteiger partial charge in [-0.15, -0.1) is 0 Å². The first kappa shape index (κ1) is 21.6. The smallest absolute Gasteiger partial charge is 0.335 e. The number of fused-ring (bicyclic) bond motifs is 1. The van der Waals surface area contributed by atoms with E-state index in [1.807, 2.05) is 49.4 Å². The van der Waals surface area contributed by atoms with E-state index in [0.29, 0.717) is 26.2 Å². The largest absolute Gasteiger partial charge is 0.490 e. The molecule has 4 nitrogen and oxygen atoms in total. The standard InChI is InChI=1S/C26H28O4/c1-3-28-25(26(27)29-4-2)19-21-12-15-24(16-13-21)30-17-7-8-20-11-14-22-9-5-6-10-23(22)18-20/h5-16,18,25H,3-4,17,19H2,1-2H3/t25-/m0/s1. The first-order chi connectivity index (χ1) is 14.7. The van der Waals surface area contributed by atoms with Gasteiger partial charge in [0.2, 0.25) is 0 Å². The van der Waals surface area contributed by atoms with E-state index in [1.165, 1.54) is 10.8 Å². The molecule has 0 aliphatic heterocycles. The highest BCUT2D eigenvalue weighted by molar-refractivity contribution is 5.84. The van der Waals surface area contributed by atoms with E-state index in [-0.39, 0.29) is 5.97 Å². The zero-order valence-electron chi connectivity index (χ0n) is 17.5. The van der Waals surface area contributed by atoms with Crippen molar-refractivity contribution in [1.82, 2.24) is 0 Å². The second kappa shape index (κ2) is 11.2. The van der Waals surface area contributed by atoms with Crippen molar-refractivity contribution < 1.29 is 19.0 Å². The average Bonchev–Trinajstić information content (AvgIpc) is 2.77. The summed E-state index contributed by atoms with van der Waals surface area (Å²) in [5.41, 5.74) is 2.15. The van der Waals surface area contributed by atoms with Gasteiger partial charge < -0.3 is 14.2 Å². The molecule has 0 saturated heterocycles. The van der Waals surface area contributed by atoms with Crippen LogP contribution in [0, 0.1) is 0 Å². The maximum absolute atomic E-state index is 12.0. The van der Waals surface area contributed by atoms with Crippen LogP contribution in [0.15, 0.2) is 72.8 Å². The van der Waals surface area contributed by atoms with Crippen LogP contribution in [0.25, 0.3) is 16.8 Å². The predicted molar refractivity (Wildman–Crippen MR) is 121 cm³/mol. The van der Waals surface area contributed by atoms with Gasteiger partial charge in [0.15, 0.2) is 6.10 Å². The van der Waals surface area contributed by atoms with Gasteiger partial charge in [-0.2, -0.15) is 0 Å². The van der Waals surface area contributed by atoms with Crippen molar-refractivity contribution in [2.75, 3.05) is 19.8 Å². The van der Waals surface area contributed by atoms with Crippen molar-refractivity contribution in [2.45, 2.75) is 26.4 Å². The Bertz CT molecular complexity index is 976. The molecule has 0 spiro atoms. The average molecular weight is 405 g/mol. The maximum Gasteiger partial charge on any atom is 0.335 e. The lowest BCUT2D eigenvalue weighted by Crippen LogP contribution is -2.28. The molecule has 0 aliphatic carbocycles. The van der Waals surface area contributed by atoms with Gasteiger partial charge in [-0.1, -0.05) is 54.6 Å². The van der Waals surface area contributed by atoms with E-state index >= 15 is 0 Å². The van der Waals surface area contributed by atoms with Crippen molar-refractivity contribution in [1.29, 1.82) is 0 Å². The summed E-state index contributed by atoms with van der Waals surface area (Å²) in [4.78, 5) is 12.0. The lowest BCUT2D eigenvalue weighted by molar-refractivity contribution is -0.156. The molecule has 0 unspecified atom stereocenters. The summed E-state index contributed by atoms with van der Waals surface area (Å²) in [6.45, 7) is 4.96. The van der Waals surface area contributed by atoms with E-state index in [1.54, 1.807) is 6.92 Å². The zero-order valence-corrected chi connectivity index (χ0v) is 17.5. The molecular formula is C26H28O4. The highest BCUT2D eigenvalue weighted by Crippen LogP contribution is 2.17. The van der Waals surface area contributed by atoms with Gasteiger partial charge in [0.25, 0.3) is 0 Å². The Kier molecular flexibility index (Phi) is 8.04. The van der Waals surface area contributed by atoms with Gasteiger partial charge in [0.05, 0.1) is 6.61 Å². The Hall–Kier alpha value is -3.11. The number of ether oxygens (including phenoxy) is 3. The molecular weight excluding hydrogens is 376 g/mol. The van der Waals surface area contributed by atoms with Crippen LogP contribution in [0.3, 0.4) is 0 Å². The van der Waals surface area contributed by atoms with Crippen LogP contribution < -0.4 is 4.74 Å². The molecule has 0 heterocycles. The molecule has 4 heteroatoms. The molecule has 3 rings (SSSR count). The summed E-state index contributed by atoms with van der Waals surface area (Å²) in [5, 5.41) is 2.46. The molecule has 0 N–H and O–H groups in total. The Morgan fingerprint density at radius 1 is 0.933 bits per heavy atom. The normalized spacial score (nSPS) is 12.2. The number of carbonyl (C=O) groups excluding carboxylic acids is 1. The molecule has 30 heavy (non-hydrogen) atoms. The molecule has 0 saturated carbocycles. The third-order valence-electron chi connectivity index (χ3n) is 4.69. The zero-order chi connectivity index (χ0) is 21.2. The molecule has 0 radical (unpaired) electrons. The second-order valence-corrected chi connectivity index (χ2v) is 6.86. The summed E-state index contributed by atoms with van der Waals surface area (Å²) < 4.78 is 16.4. The first-order valence-corrected chi connectivity index (χ1v) is 10.3. The maximum atomic E-state index is 12.0. The lowest BCUT2D eigenvalue weighted by atomic mass is 10.1. The molecule has 0 aromatic heterocycles. The number of esters is 1. The summed E-state index contributed by atoms with van der Waals surface area (Å²) in [6.07, 6.45) is 3.97. The van der Waals surface area contributed by atoms with Gasteiger partial charge >= 0.3 is 5.97 Å². The van der Waals surface area contributed by atoms with Crippen LogP contribution in [0.5, 0.6) is 5.75 Å². The Morgan fingerprint density at radius 3 is 2.43 bits per heavy atom. The van der Waals surface area contributed by atoms with Gasteiger partial charge in [-0.05, 0) is 60.0 Å². The van der Waals surface area contributed by atoms with E-state index in [0.717, 1.165) is 16.9 Å². The summed E-state index contributed by atoms with van der Waals surface area (Å²) in [7, 11) is 0. The van der Waals surface area contributed by atoms with Gasteiger partial charge in [0, 0.05) is 13.0 Å². The van der Waals surface area contributed by atoms with Gasteiger partial charge in [0.1, 0.15) is 12.4 Å². The third-order valence-corrected chi connectivity index (χ3v) is 4.69. The number of benzene rings is 3. The summed E-state index contributed by atoms with van der Waals surface area (Å²) in [5.74, 6) is 0.463. The van der Waals surface area contributed by atoms with Crippen LogP contribution in [0.1, 0.15) is 25.0 Å². The fourth-order valence-corrected chi connectivity index (χ4v) is 3.22. The number of carbonyl (C=O) groups is 1. The highest BCUT2D eigenvalue weighted by atomic mass is 16.6. The van der Waals surface area contributed by atoms with Crippen molar-refractivity contribution in [3.05, 3.63) is 83.9 Å². The SMILES string of the molecule is CCOC(=O)[C@H](Cc1ccc(OCC=Cc2ccc3ccccc3c2)cc1)OCC. The molecule has 0 amide bonds. The van der Waals surface area contributed by atoms with Crippen LogP contribution >= 0.6 is 0 Å². The summed E-state index contributed by atoms with van der Waals surface area (Å²) >= 11 is 0. The molecule has 3 aromatic rings. The van der Waals surface area contributed by atoms with Gasteiger partial charge in [-0.3, -0.25) is 0 Å². The van der Waals surface area contributed by atoms with Crippen LogP contribution in [-0.2, 0) is 20.7 Å². The molecule has 3 aromatic carbocycles. The van der Waals surface area contributed by atoms with Crippen molar-refractivity contribution in [3.63, 3.8) is 0 Å². The number of hydrogen-bond donors (Lipinski definition) is 0. The van der Waals surface area contributed by atoms with Crippen LogP contribution in [0.4, 0.5) is 0 Å². The fraction of sp³-hybridized carbons (Fsp3) is 0.269. The number of rotatable bonds is 10. The molecule has 0 bridgehead atoms. The Balaban J connectivity index is 1.52. The molecule has 156 valence electrons. The van der Waals surface area contributed by atoms with Crippen molar-refractivity contribution in [2.24, 2.45) is 0 Å². The molecule has 0 aliphatic rings. The molecule has 1 atom stereocenters. The molecule has 0 fully saturated rings. The van der Waals surface area contributed by atoms with Gasteiger partial charge in [-0.25, -0.2) is 4.79 Å². The third kappa shape index (κ3) is 6.19. The van der Waals surface area contributed by atoms with E-state index < -0.39 is 6.10 Å². The lowest BCUT2D eigenvalue weighted by Gasteiger charge is -2.15. The van der Waals surface area contributed by atoms with E-state index in [4.69, 9.17) is 14.2 Å². The second-order valence-electron chi connectivity index (χ2n) is 6.86. The predicted octanol–water partition coefficient (Wildman–Crippen LogP) is 5.44. The fourth-order valence-electron chi connectivity index (χ4n) is 3.22. The minimum atomic E-state index is -0.577. The first-order valence-electron chi connectivity index (χ1n) is 10.3. The van der Waals surface area contributed by atoms with Crippen LogP contribution in [0.2, 0.25) is 0 Å². The topological polar surface area (TPSA) is 44.8 Å². The monoisotopic (exact) mass is 404 g/mol. The van der Waals surface area contributed by atoms with E-state index in [9.17, 15) is 4.79 Å². The summed E-state index contributed by atoms with van der Waals surface area (Å²) in [6, 6.07) is 22.4. The van der Waals surface area contributed by atoms with Crippen LogP contribution in [-0.4, -0.2) is 31.9 Å². The Labute approximate surface area is 178 Å². The Morgan fingerprint density at radius 2 is 1.70 bits per heavy atom. The number of hydrogen-bond acceptors (Lipinski definition) is 4. The highest BCUT2D eigenvalue weighted by Gasteiger charge is 2.20. The van der Waals surface area contributed by atoms with E-state index in [2.05, 4.69) is 36.4 Å². The van der Waals surface area contributed by atoms with Crippen molar-refractivity contribution in [3.8, 4) is 5.75 Å².